The predicted molar refractivity (Wildman–Crippen MR) is 363 cm³/mol. The van der Waals surface area contributed by atoms with Gasteiger partial charge >= 0.3 is 0 Å². The summed E-state index contributed by atoms with van der Waals surface area (Å²) in [5.41, 5.74) is 4.99. The van der Waals surface area contributed by atoms with Crippen LogP contribution < -0.4 is 0 Å². The second-order valence-corrected chi connectivity index (χ2v) is 26.7. The first-order chi connectivity index (χ1) is 44.7. The molecule has 0 fully saturated rings. The van der Waals surface area contributed by atoms with Crippen molar-refractivity contribution in [2.24, 2.45) is 11.8 Å². The number of benzene rings is 3. The number of fused-ring (bicyclic) bond motifs is 16. The fourth-order valence-corrected chi connectivity index (χ4v) is 18.6. The molecule has 7 aromatic heterocycles. The Balaban J connectivity index is 1.18. The van der Waals surface area contributed by atoms with Crippen molar-refractivity contribution in [3.8, 4) is 89.8 Å². The Kier molecular flexibility index (Phi) is 17.2. The minimum atomic E-state index is -1.26. The number of ketones is 2. The molecule has 0 spiro atoms. The first kappa shape index (κ1) is 62.0. The number of allylic oxidation sites excluding steroid dienone is 6. The lowest BCUT2D eigenvalue weighted by Crippen LogP contribution is -2.13. The number of terminal acetylenes is 1. The molecular formula is C73H44F4N8O2S5. The van der Waals surface area contributed by atoms with Crippen molar-refractivity contribution in [3.63, 3.8) is 0 Å². The van der Waals surface area contributed by atoms with Gasteiger partial charge in [-0.1, -0.05) is 66.2 Å². The minimum absolute atomic E-state index is 0.00216. The summed E-state index contributed by atoms with van der Waals surface area (Å²) >= 11 is 7.07. The Hall–Kier alpha value is -10.3. The van der Waals surface area contributed by atoms with E-state index in [1.165, 1.54) is 34.0 Å². The van der Waals surface area contributed by atoms with Gasteiger partial charge in [-0.2, -0.15) is 19.3 Å². The predicted octanol–water partition coefficient (Wildman–Crippen LogP) is 18.3. The number of hydrogen-bond acceptors (Lipinski definition) is 12. The fraction of sp³-hybridized carbons (Fsp3) is 0.233. The van der Waals surface area contributed by atoms with Crippen molar-refractivity contribution < 1.29 is 27.2 Å². The van der Waals surface area contributed by atoms with Gasteiger partial charge in [-0.15, -0.1) is 51.8 Å². The minimum Gasteiger partial charge on any atom is -0.337 e. The van der Waals surface area contributed by atoms with Crippen molar-refractivity contribution in [1.82, 2.24) is 17.9 Å². The van der Waals surface area contributed by atoms with Gasteiger partial charge in [-0.3, -0.25) is 9.59 Å². The number of unbranched alkanes of at least 4 members (excludes halogenated alkanes) is 2. The number of hydrogen-bond donors (Lipinski definition) is 0. The van der Waals surface area contributed by atoms with Gasteiger partial charge in [-0.25, -0.2) is 27.7 Å². The van der Waals surface area contributed by atoms with Crippen LogP contribution in [-0.4, -0.2) is 29.4 Å². The Labute approximate surface area is 546 Å². The van der Waals surface area contributed by atoms with Crippen LogP contribution in [0.1, 0.15) is 132 Å². The van der Waals surface area contributed by atoms with E-state index in [2.05, 4.69) is 107 Å². The highest BCUT2D eigenvalue weighted by Gasteiger charge is 2.38. The zero-order valence-corrected chi connectivity index (χ0v) is 53.8. The second kappa shape index (κ2) is 25.6. The lowest BCUT2D eigenvalue weighted by molar-refractivity contribution is 0.103. The number of rotatable bonds is 14. The van der Waals surface area contributed by atoms with Crippen molar-refractivity contribution in [2.75, 3.05) is 0 Å². The van der Waals surface area contributed by atoms with E-state index in [-0.39, 0.29) is 56.4 Å². The quantitative estimate of drug-likeness (QED) is 0.0346. The van der Waals surface area contributed by atoms with Gasteiger partial charge in [0.2, 0.25) is 0 Å². The molecule has 0 amide bonds. The van der Waals surface area contributed by atoms with Crippen LogP contribution in [0.5, 0.6) is 0 Å². The van der Waals surface area contributed by atoms with Gasteiger partial charge in [0, 0.05) is 67.0 Å². The van der Waals surface area contributed by atoms with Crippen LogP contribution in [0.15, 0.2) is 46.7 Å². The number of aryl methyl sites for hydroxylation is 1. The molecule has 3 aromatic carbocycles. The zero-order chi connectivity index (χ0) is 64.8. The summed E-state index contributed by atoms with van der Waals surface area (Å²) in [6.07, 6.45) is 16.0. The molecule has 446 valence electrons. The Morgan fingerprint density at radius 1 is 0.598 bits per heavy atom. The van der Waals surface area contributed by atoms with Gasteiger partial charge in [0.25, 0.3) is 5.70 Å². The molecular weight excluding hydrogens is 1260 g/mol. The summed E-state index contributed by atoms with van der Waals surface area (Å²) in [5, 5.41) is 32.6. The molecule has 0 N–H and O–H groups in total. The number of thiophene rings is 4. The van der Waals surface area contributed by atoms with Gasteiger partial charge in [0.1, 0.15) is 28.7 Å². The summed E-state index contributed by atoms with van der Waals surface area (Å²) in [6.45, 7) is 19.8. The van der Waals surface area contributed by atoms with Gasteiger partial charge < -0.3 is 9.13 Å². The molecule has 2 aliphatic rings. The molecule has 2 unspecified atom stereocenters. The summed E-state index contributed by atoms with van der Waals surface area (Å²) in [4.78, 5) is 33.4. The van der Waals surface area contributed by atoms with E-state index < -0.39 is 46.1 Å². The third-order valence-corrected chi connectivity index (χ3v) is 22.6. The van der Waals surface area contributed by atoms with Crippen LogP contribution in [0.3, 0.4) is 0 Å². The molecule has 0 saturated heterocycles. The molecule has 0 aliphatic heterocycles. The third kappa shape index (κ3) is 10.2. The highest BCUT2D eigenvalue weighted by Crippen LogP contribution is 2.56. The van der Waals surface area contributed by atoms with E-state index in [0.717, 1.165) is 159 Å². The second-order valence-electron chi connectivity index (χ2n) is 22.0. The van der Waals surface area contributed by atoms with Gasteiger partial charge in [0.05, 0.1) is 80.2 Å². The number of nitriles is 3. The van der Waals surface area contributed by atoms with E-state index in [1.807, 2.05) is 25.1 Å². The molecule has 0 radical (unpaired) electrons. The number of halogens is 4. The highest BCUT2D eigenvalue weighted by molar-refractivity contribution is 7.35. The molecule has 2 atom stereocenters. The normalized spacial score (nSPS) is 14.4. The number of nitrogens with zero attached hydrogens (tertiary/aromatic N) is 8. The van der Waals surface area contributed by atoms with Crippen molar-refractivity contribution >= 4 is 164 Å². The molecule has 7 heterocycles. The fourth-order valence-electron chi connectivity index (χ4n) is 12.4. The van der Waals surface area contributed by atoms with Crippen LogP contribution in [0.4, 0.5) is 17.6 Å². The maximum absolute atomic E-state index is 15.1. The molecule has 12 rings (SSSR count). The monoisotopic (exact) mass is 1300 g/mol. The average molecular weight is 1300 g/mol. The third-order valence-electron chi connectivity index (χ3n) is 16.9. The molecule has 10 aromatic rings. The standard InChI is InChI=1S/C73H44F4N8O2S5/c1-8-13-16-17-18-19-20-21-22-23-26-42-55(32-47-56(41(33-78)34-79)43-27-49(74)51(76)29-45(43)66(47)86)89-73-65-71(91-69(42)73)59-61-60(82-92-83-61)58-62(63(59)85(65)37-40(12-5)25-15-10-3)84(36-39(11-4)24-14-9-2)64-70(58)90-68-38(6)54(88-72(64)68)31-48-57(53(35-80)81-7)44-28-50(75)52(77)30-46(44)67(48)87/h1,27-32,39-40H,9-12,14-15,24-25,36-37H2,2-6H3/b47-32-,48-31-,57-53+. The van der Waals surface area contributed by atoms with E-state index in [4.69, 9.17) is 21.7 Å². The molecule has 2 aliphatic carbocycles. The van der Waals surface area contributed by atoms with Crippen LogP contribution in [0, 0.1) is 154 Å². The molecule has 0 bridgehead atoms. The van der Waals surface area contributed by atoms with Crippen molar-refractivity contribution in [3.05, 3.63) is 125 Å². The average Bonchev–Trinajstić information content (AvgIpc) is 1.51. The summed E-state index contributed by atoms with van der Waals surface area (Å²) < 4.78 is 80.4. The lowest BCUT2D eigenvalue weighted by atomic mass is 9.98. The SMILES string of the molecule is [C-]#[N+]/C(C#N)=C1/C(=C/c2sc3c(sc4c5c6nsnc6c6c7sc8c(C#CC#CC#CC#CC#CC#C)c(/C=C9\C(=O)c%10cc(F)c(F)cc%10C9=C(C#N)C#N)sc8c7n(CC(CC)CCCC)c6c5n(CC(CC)CCCC)c34)c2C)C(=O)c2cc(F)c(F)cc21. The van der Waals surface area contributed by atoms with Crippen LogP contribution in [0.25, 0.3) is 100 Å². The topological polar surface area (TPSA) is 146 Å². The van der Waals surface area contributed by atoms with E-state index in [1.54, 1.807) is 23.5 Å². The maximum Gasteiger partial charge on any atom is 0.270 e. The van der Waals surface area contributed by atoms with Crippen molar-refractivity contribution in [1.29, 1.82) is 15.8 Å². The summed E-state index contributed by atoms with van der Waals surface area (Å²) in [6, 6.07) is 8.93. The van der Waals surface area contributed by atoms with Crippen LogP contribution in [-0.2, 0) is 13.1 Å². The smallest absolute Gasteiger partial charge is 0.270 e. The van der Waals surface area contributed by atoms with E-state index >= 15 is 4.39 Å². The number of carbonyl (C=O) groups is 2. The maximum atomic E-state index is 15.1. The van der Waals surface area contributed by atoms with Crippen LogP contribution in [0.2, 0.25) is 0 Å². The Morgan fingerprint density at radius 3 is 1.54 bits per heavy atom. The van der Waals surface area contributed by atoms with E-state index in [0.29, 0.717) is 33.9 Å². The molecule has 0 saturated carbocycles. The van der Waals surface area contributed by atoms with E-state index in [9.17, 15) is 38.5 Å². The zero-order valence-electron chi connectivity index (χ0n) is 49.7. The Bertz CT molecular complexity index is 5670. The number of aromatic nitrogens is 4. The van der Waals surface area contributed by atoms with Crippen LogP contribution >= 0.6 is 57.1 Å². The molecule has 92 heavy (non-hydrogen) atoms. The largest absolute Gasteiger partial charge is 0.337 e. The first-order valence-electron chi connectivity index (χ1n) is 29.3. The first-order valence-corrected chi connectivity index (χ1v) is 33.3. The number of Topliss-reactive ketones (excluding diaryl/α,β-unsaturated/α-hetero) is 2. The summed E-state index contributed by atoms with van der Waals surface area (Å²) in [7, 11) is 0. The van der Waals surface area contributed by atoms with Gasteiger partial charge in [-0.05, 0) is 150 Å². The van der Waals surface area contributed by atoms with Gasteiger partial charge in [0.15, 0.2) is 34.8 Å². The van der Waals surface area contributed by atoms with Crippen molar-refractivity contribution in [2.45, 2.75) is 99.1 Å². The number of carbonyl (C=O) groups excluding carboxylic acids is 2. The molecule has 19 heteroatoms. The summed E-state index contributed by atoms with van der Waals surface area (Å²) in [5.74, 6) is 23.3. The lowest BCUT2D eigenvalue weighted by Gasteiger charge is -2.20. The molecule has 10 nitrogen and oxygen atoms in total. The highest BCUT2D eigenvalue weighted by atomic mass is 32.1. The Morgan fingerprint density at radius 2 is 1.05 bits per heavy atom.